The molecule has 1 aromatic carbocycles. The van der Waals surface area contributed by atoms with Gasteiger partial charge in [0.2, 0.25) is 6.79 Å². The highest BCUT2D eigenvalue weighted by Gasteiger charge is 2.54. The van der Waals surface area contributed by atoms with Crippen molar-refractivity contribution in [2.24, 2.45) is 0 Å². The van der Waals surface area contributed by atoms with Crippen LogP contribution < -0.4 is 4.65 Å². The van der Waals surface area contributed by atoms with Gasteiger partial charge in [0.15, 0.2) is 0 Å². The average molecular weight is 380 g/mol. The predicted octanol–water partition coefficient (Wildman–Crippen LogP) is 2.00. The van der Waals surface area contributed by atoms with Gasteiger partial charge in [-0.25, -0.2) is 14.0 Å². The fourth-order valence-electron chi connectivity index (χ4n) is 3.45. The van der Waals surface area contributed by atoms with Crippen LogP contribution >= 0.6 is 0 Å². The molecule has 3 aliphatic rings. The van der Waals surface area contributed by atoms with Crippen LogP contribution in [0.5, 0.6) is 5.75 Å². The van der Waals surface area contributed by atoms with E-state index < -0.39 is 37.4 Å². The highest BCUT2D eigenvalue weighted by Crippen LogP contribution is 2.60. The first-order valence-electron chi connectivity index (χ1n) is 8.80. The quantitative estimate of drug-likeness (QED) is 0.481. The van der Waals surface area contributed by atoms with Crippen LogP contribution in [0.2, 0.25) is 5.82 Å². The van der Waals surface area contributed by atoms with E-state index >= 15 is 0 Å². The molecule has 1 N–H and O–H groups in total. The maximum Gasteiger partial charge on any atom is 0.526 e. The molecule has 0 amide bonds. The van der Waals surface area contributed by atoms with Gasteiger partial charge in [-0.3, -0.25) is 0 Å². The van der Waals surface area contributed by atoms with Crippen LogP contribution in [0, 0.1) is 5.82 Å². The summed E-state index contributed by atoms with van der Waals surface area (Å²) in [6.07, 6.45) is 0.575. The van der Waals surface area contributed by atoms with Crippen molar-refractivity contribution >= 4 is 19.2 Å². The molecule has 144 valence electrons. The van der Waals surface area contributed by atoms with Gasteiger partial charge >= 0.3 is 19.2 Å². The Morgan fingerprint density at radius 3 is 2.81 bits per heavy atom. The number of hydrogen-bond donors (Lipinski definition) is 1. The van der Waals surface area contributed by atoms with Gasteiger partial charge in [-0.1, -0.05) is 6.07 Å². The number of halogens is 1. The summed E-state index contributed by atoms with van der Waals surface area (Å²) >= 11 is 0. The third-order valence-electron chi connectivity index (χ3n) is 4.98. The van der Waals surface area contributed by atoms with E-state index in [0.717, 1.165) is 12.5 Å². The van der Waals surface area contributed by atoms with Gasteiger partial charge in [-0.05, 0) is 24.0 Å². The number of rotatable bonds is 4. The second-order valence-electron chi connectivity index (χ2n) is 6.73. The molecule has 2 atom stereocenters. The van der Waals surface area contributed by atoms with Crippen LogP contribution in [-0.2, 0) is 18.9 Å². The molecule has 2 unspecified atom stereocenters. The topological polar surface area (TPSA) is 101 Å². The predicted molar refractivity (Wildman–Crippen MR) is 87.8 cm³/mol. The number of fused-ring (bicyclic) bond motifs is 3. The highest BCUT2D eigenvalue weighted by molar-refractivity contribution is 6.48. The normalized spacial score (nSPS) is 23.6. The van der Waals surface area contributed by atoms with Gasteiger partial charge in [0.1, 0.15) is 23.2 Å². The molecule has 0 radical (unpaired) electrons. The minimum atomic E-state index is -1.08. The largest absolute Gasteiger partial charge is 0.535 e. The minimum Gasteiger partial charge on any atom is -0.535 e. The SMILES string of the molecule is O=C(OCOC(=O)c1c(F)ccc2c1OB(O)C1CC21)OC1CCOCC1. The van der Waals surface area contributed by atoms with Gasteiger partial charge in [-0.15, -0.1) is 0 Å². The number of hydrogen-bond acceptors (Lipinski definition) is 8. The first-order chi connectivity index (χ1) is 13.0. The van der Waals surface area contributed by atoms with Crippen molar-refractivity contribution < 1.29 is 42.6 Å². The Morgan fingerprint density at radius 1 is 1.26 bits per heavy atom. The summed E-state index contributed by atoms with van der Waals surface area (Å²) in [6.45, 7) is 0.274. The van der Waals surface area contributed by atoms with Crippen LogP contribution in [0.4, 0.5) is 9.18 Å². The van der Waals surface area contributed by atoms with Gasteiger partial charge in [0.25, 0.3) is 0 Å². The van der Waals surface area contributed by atoms with E-state index in [1.54, 1.807) is 6.07 Å². The lowest BCUT2D eigenvalue weighted by molar-refractivity contribution is -0.0575. The molecule has 8 nitrogen and oxygen atoms in total. The Balaban J connectivity index is 1.35. The molecule has 27 heavy (non-hydrogen) atoms. The van der Waals surface area contributed by atoms with E-state index in [-0.39, 0.29) is 23.6 Å². The van der Waals surface area contributed by atoms with Gasteiger partial charge in [-0.2, -0.15) is 0 Å². The third kappa shape index (κ3) is 3.72. The molecule has 4 rings (SSSR count). The van der Waals surface area contributed by atoms with Crippen LogP contribution in [0.3, 0.4) is 0 Å². The lowest BCUT2D eigenvalue weighted by Crippen LogP contribution is -2.28. The Morgan fingerprint density at radius 2 is 2.04 bits per heavy atom. The van der Waals surface area contributed by atoms with Crippen molar-refractivity contribution in [2.75, 3.05) is 20.0 Å². The Bertz CT molecular complexity index is 751. The van der Waals surface area contributed by atoms with E-state index in [9.17, 15) is 19.0 Å². The summed E-state index contributed by atoms with van der Waals surface area (Å²) in [6, 6.07) is 2.70. The molecule has 1 saturated heterocycles. The van der Waals surface area contributed by atoms with E-state index in [4.69, 9.17) is 23.6 Å². The molecular weight excluding hydrogens is 362 g/mol. The fourth-order valence-corrected chi connectivity index (χ4v) is 3.45. The van der Waals surface area contributed by atoms with Crippen molar-refractivity contribution in [3.8, 4) is 5.75 Å². The molecule has 2 heterocycles. The number of carbonyl (C=O) groups is 2. The van der Waals surface area contributed by atoms with Crippen LogP contribution in [0.15, 0.2) is 12.1 Å². The highest BCUT2D eigenvalue weighted by atomic mass is 19.1. The molecule has 2 fully saturated rings. The van der Waals surface area contributed by atoms with Crippen LogP contribution in [0.25, 0.3) is 0 Å². The van der Waals surface area contributed by atoms with Crippen molar-refractivity contribution in [3.05, 3.63) is 29.1 Å². The molecular formula is C17H18BFO8. The Kier molecular flexibility index (Phi) is 4.92. The zero-order valence-corrected chi connectivity index (χ0v) is 14.4. The minimum absolute atomic E-state index is 0.0176. The van der Waals surface area contributed by atoms with Crippen molar-refractivity contribution in [3.63, 3.8) is 0 Å². The smallest absolute Gasteiger partial charge is 0.526 e. The van der Waals surface area contributed by atoms with Crippen LogP contribution in [0.1, 0.15) is 41.1 Å². The third-order valence-corrected chi connectivity index (χ3v) is 4.98. The maximum absolute atomic E-state index is 14.2. The Labute approximate surface area is 154 Å². The number of ether oxygens (including phenoxy) is 4. The lowest BCUT2D eigenvalue weighted by Gasteiger charge is -2.22. The maximum atomic E-state index is 14.2. The summed E-state index contributed by atoms with van der Waals surface area (Å²) in [7, 11) is -1.08. The van der Waals surface area contributed by atoms with Crippen molar-refractivity contribution in [2.45, 2.75) is 37.1 Å². The molecule has 0 aromatic heterocycles. The lowest BCUT2D eigenvalue weighted by atomic mass is 9.77. The summed E-state index contributed by atoms with van der Waals surface area (Å²) in [5, 5.41) is 9.88. The molecule has 1 aromatic rings. The standard InChI is InChI=1S/C17H18BFO8/c19-13-2-1-10-11-7-12(11)18(22)27-15(10)14(13)16(20)24-8-25-17(21)26-9-3-5-23-6-4-9/h1-2,9,11-12,22H,3-8H2. The van der Waals surface area contributed by atoms with E-state index in [2.05, 4.69) is 0 Å². The summed E-state index contributed by atoms with van der Waals surface area (Å²) in [5.74, 6) is -1.89. The van der Waals surface area contributed by atoms with Gasteiger partial charge in [0.05, 0.1) is 13.2 Å². The number of benzene rings is 1. The summed E-state index contributed by atoms with van der Waals surface area (Å²) < 4.78 is 39.3. The fraction of sp³-hybridized carbons (Fsp3) is 0.529. The molecule has 1 saturated carbocycles. The monoisotopic (exact) mass is 380 g/mol. The second kappa shape index (κ2) is 7.36. The summed E-state index contributed by atoms with van der Waals surface area (Å²) in [4.78, 5) is 23.9. The molecule has 1 aliphatic carbocycles. The zero-order valence-electron chi connectivity index (χ0n) is 14.4. The molecule has 0 bridgehead atoms. The van der Waals surface area contributed by atoms with E-state index in [1.807, 2.05) is 0 Å². The molecule has 0 spiro atoms. The van der Waals surface area contributed by atoms with Crippen molar-refractivity contribution in [1.29, 1.82) is 0 Å². The van der Waals surface area contributed by atoms with Gasteiger partial charge in [0, 0.05) is 18.7 Å². The first kappa shape index (κ1) is 18.1. The first-order valence-corrected chi connectivity index (χ1v) is 8.80. The van der Waals surface area contributed by atoms with Crippen LogP contribution in [-0.4, -0.2) is 50.4 Å². The second-order valence-corrected chi connectivity index (χ2v) is 6.73. The summed E-state index contributed by atoms with van der Waals surface area (Å²) in [5.41, 5.74) is 0.247. The molecule has 2 aliphatic heterocycles. The number of esters is 1. The Hall–Kier alpha value is -2.33. The molecule has 10 heteroatoms. The van der Waals surface area contributed by atoms with Gasteiger partial charge < -0.3 is 28.6 Å². The average Bonchev–Trinajstić information content (AvgIpc) is 3.44. The zero-order chi connectivity index (χ0) is 19.0. The van der Waals surface area contributed by atoms with E-state index in [0.29, 0.717) is 31.6 Å². The van der Waals surface area contributed by atoms with Crippen molar-refractivity contribution in [1.82, 2.24) is 0 Å². The number of carbonyl (C=O) groups excluding carboxylic acids is 2. The van der Waals surface area contributed by atoms with E-state index in [1.165, 1.54) is 0 Å².